The zero-order valence-electron chi connectivity index (χ0n) is 12.3. The van der Waals surface area contributed by atoms with Crippen LogP contribution in [0.2, 0.25) is 0 Å². The average molecular weight is 247 g/mol. The molecule has 0 bridgehead atoms. The Balaban J connectivity index is 2.44. The number of benzene rings is 1. The fourth-order valence-electron chi connectivity index (χ4n) is 2.86. The number of nitrogens with one attached hydrogen (secondary N) is 1. The number of hydrogen-bond acceptors (Lipinski definition) is 2. The lowest BCUT2D eigenvalue weighted by Crippen LogP contribution is -2.33. The average Bonchev–Trinajstić information content (AvgIpc) is 2.32. The van der Waals surface area contributed by atoms with Crippen LogP contribution in [0.15, 0.2) is 6.07 Å². The molecule has 2 atom stereocenters. The molecule has 1 N–H and O–H groups in total. The lowest BCUT2D eigenvalue weighted by atomic mass is 9.89. The van der Waals surface area contributed by atoms with Crippen LogP contribution in [0.1, 0.15) is 55.0 Å². The van der Waals surface area contributed by atoms with Gasteiger partial charge in [-0.15, -0.1) is 0 Å². The maximum atomic E-state index is 6.09. The molecule has 1 aromatic rings. The summed E-state index contributed by atoms with van der Waals surface area (Å²) < 4.78 is 6.09. The van der Waals surface area contributed by atoms with Crippen LogP contribution in [-0.2, 0) is 0 Å². The van der Waals surface area contributed by atoms with Crippen LogP contribution >= 0.6 is 0 Å². The molecule has 0 aliphatic carbocycles. The summed E-state index contributed by atoms with van der Waals surface area (Å²) in [7, 11) is 0. The van der Waals surface area contributed by atoms with Gasteiger partial charge in [-0.3, -0.25) is 0 Å². The summed E-state index contributed by atoms with van der Waals surface area (Å²) in [5.41, 5.74) is 5.36. The maximum absolute atomic E-state index is 6.09. The van der Waals surface area contributed by atoms with Gasteiger partial charge in [0.1, 0.15) is 5.75 Å². The van der Waals surface area contributed by atoms with Crippen LogP contribution in [0.4, 0.5) is 0 Å². The highest BCUT2D eigenvalue weighted by Crippen LogP contribution is 2.40. The van der Waals surface area contributed by atoms with E-state index in [9.17, 15) is 0 Å². The summed E-state index contributed by atoms with van der Waals surface area (Å²) in [6.07, 6.45) is 2.54. The molecule has 0 fully saturated rings. The zero-order valence-corrected chi connectivity index (χ0v) is 12.3. The van der Waals surface area contributed by atoms with E-state index in [1.807, 2.05) is 0 Å². The Morgan fingerprint density at radius 2 is 2.00 bits per heavy atom. The molecule has 2 unspecified atom stereocenters. The Kier molecular flexibility index (Phi) is 3.96. The molecule has 2 rings (SSSR count). The van der Waals surface area contributed by atoms with E-state index < -0.39 is 0 Å². The molecule has 0 amide bonds. The minimum Gasteiger partial charge on any atom is -0.490 e. The van der Waals surface area contributed by atoms with Gasteiger partial charge in [-0.2, -0.15) is 0 Å². The molecule has 0 saturated carbocycles. The summed E-state index contributed by atoms with van der Waals surface area (Å²) in [6.45, 7) is 12.0. The minimum atomic E-state index is 0.298. The first kappa shape index (κ1) is 13.4. The minimum absolute atomic E-state index is 0.298. The van der Waals surface area contributed by atoms with Crippen molar-refractivity contribution in [3.63, 3.8) is 0 Å². The summed E-state index contributed by atoms with van der Waals surface area (Å²) in [5, 5.41) is 3.67. The van der Waals surface area contributed by atoms with Gasteiger partial charge in [0.2, 0.25) is 0 Å². The standard InChI is InChI=1S/C16H25NO/c1-6-7-17-14-9-12(4)18-16-13(5)10(2)8-11(3)15(14)16/h8,12,14,17H,6-7,9H2,1-5H3. The fourth-order valence-corrected chi connectivity index (χ4v) is 2.86. The molecule has 0 spiro atoms. The quantitative estimate of drug-likeness (QED) is 0.876. The molecule has 1 aliphatic rings. The second-order valence-corrected chi connectivity index (χ2v) is 5.55. The molecule has 1 heterocycles. The smallest absolute Gasteiger partial charge is 0.127 e. The van der Waals surface area contributed by atoms with E-state index in [2.05, 4.69) is 46.0 Å². The normalized spacial score (nSPS) is 22.5. The summed E-state index contributed by atoms with van der Waals surface area (Å²) >= 11 is 0. The molecule has 2 nitrogen and oxygen atoms in total. The molecule has 2 heteroatoms. The van der Waals surface area contributed by atoms with Gasteiger partial charge in [0.15, 0.2) is 0 Å². The van der Waals surface area contributed by atoms with Crippen molar-refractivity contribution in [2.45, 2.75) is 59.6 Å². The SMILES string of the molecule is CCCNC1CC(C)Oc2c(C)c(C)cc(C)c21. The van der Waals surface area contributed by atoms with E-state index in [0.717, 1.165) is 18.7 Å². The van der Waals surface area contributed by atoms with Crippen LogP contribution in [0.25, 0.3) is 0 Å². The van der Waals surface area contributed by atoms with Crippen molar-refractivity contribution in [3.05, 3.63) is 28.3 Å². The third kappa shape index (κ3) is 2.39. The predicted octanol–water partition coefficient (Wildman–Crippen LogP) is 3.82. The Morgan fingerprint density at radius 1 is 1.28 bits per heavy atom. The van der Waals surface area contributed by atoms with Crippen LogP contribution in [0, 0.1) is 20.8 Å². The van der Waals surface area contributed by atoms with Crippen molar-refractivity contribution < 1.29 is 4.74 Å². The maximum Gasteiger partial charge on any atom is 0.127 e. The first-order valence-corrected chi connectivity index (χ1v) is 7.05. The van der Waals surface area contributed by atoms with Gasteiger partial charge in [0.25, 0.3) is 0 Å². The monoisotopic (exact) mass is 247 g/mol. The molecule has 100 valence electrons. The van der Waals surface area contributed by atoms with Crippen LogP contribution in [-0.4, -0.2) is 12.6 Å². The highest BCUT2D eigenvalue weighted by atomic mass is 16.5. The van der Waals surface area contributed by atoms with Crippen molar-refractivity contribution in [1.29, 1.82) is 0 Å². The first-order chi connectivity index (χ1) is 8.54. The molecule has 18 heavy (non-hydrogen) atoms. The van der Waals surface area contributed by atoms with Crippen molar-refractivity contribution >= 4 is 0 Å². The van der Waals surface area contributed by atoms with E-state index in [0.29, 0.717) is 12.1 Å². The summed E-state index contributed by atoms with van der Waals surface area (Å²) in [5.74, 6) is 1.12. The first-order valence-electron chi connectivity index (χ1n) is 7.05. The van der Waals surface area contributed by atoms with E-state index in [-0.39, 0.29) is 0 Å². The third-order valence-electron chi connectivity index (χ3n) is 3.91. The number of rotatable bonds is 3. The summed E-state index contributed by atoms with van der Waals surface area (Å²) in [4.78, 5) is 0. The van der Waals surface area contributed by atoms with Gasteiger partial charge in [-0.05, 0) is 57.4 Å². The molecular weight excluding hydrogens is 222 g/mol. The molecule has 1 aliphatic heterocycles. The van der Waals surface area contributed by atoms with Crippen LogP contribution < -0.4 is 10.1 Å². The zero-order chi connectivity index (χ0) is 13.3. The van der Waals surface area contributed by atoms with Crippen LogP contribution in [0.3, 0.4) is 0 Å². The van der Waals surface area contributed by atoms with Crippen molar-refractivity contribution in [2.75, 3.05) is 6.54 Å². The van der Waals surface area contributed by atoms with Gasteiger partial charge < -0.3 is 10.1 Å². The second kappa shape index (κ2) is 5.31. The molecular formula is C16H25NO. The summed E-state index contributed by atoms with van der Waals surface area (Å²) in [6, 6.07) is 2.73. The van der Waals surface area contributed by atoms with Crippen LogP contribution in [0.5, 0.6) is 5.75 Å². The highest BCUT2D eigenvalue weighted by molar-refractivity contribution is 5.52. The lowest BCUT2D eigenvalue weighted by Gasteiger charge is -2.34. The molecule has 0 saturated heterocycles. The van der Waals surface area contributed by atoms with Crippen molar-refractivity contribution in [1.82, 2.24) is 5.32 Å². The molecule has 1 aromatic carbocycles. The van der Waals surface area contributed by atoms with E-state index in [4.69, 9.17) is 4.74 Å². The van der Waals surface area contributed by atoms with Gasteiger partial charge in [0.05, 0.1) is 6.10 Å². The lowest BCUT2D eigenvalue weighted by molar-refractivity contribution is 0.164. The molecule has 0 aromatic heterocycles. The van der Waals surface area contributed by atoms with Gasteiger partial charge >= 0.3 is 0 Å². The third-order valence-corrected chi connectivity index (χ3v) is 3.91. The highest BCUT2D eigenvalue weighted by Gasteiger charge is 2.28. The van der Waals surface area contributed by atoms with Gasteiger partial charge in [0, 0.05) is 18.0 Å². The van der Waals surface area contributed by atoms with Crippen molar-refractivity contribution in [2.24, 2.45) is 0 Å². The topological polar surface area (TPSA) is 21.3 Å². The van der Waals surface area contributed by atoms with Gasteiger partial charge in [-0.1, -0.05) is 13.0 Å². The Bertz CT molecular complexity index is 439. The van der Waals surface area contributed by atoms with E-state index in [1.165, 1.54) is 28.7 Å². The van der Waals surface area contributed by atoms with Gasteiger partial charge in [-0.25, -0.2) is 0 Å². The fraction of sp³-hybridized carbons (Fsp3) is 0.625. The number of hydrogen-bond donors (Lipinski definition) is 1. The number of aryl methyl sites for hydroxylation is 2. The molecule has 0 radical (unpaired) electrons. The number of ether oxygens (including phenoxy) is 1. The van der Waals surface area contributed by atoms with E-state index in [1.54, 1.807) is 0 Å². The Labute approximate surface area is 111 Å². The Hall–Kier alpha value is -1.02. The van der Waals surface area contributed by atoms with Crippen molar-refractivity contribution in [3.8, 4) is 5.75 Å². The van der Waals surface area contributed by atoms with E-state index >= 15 is 0 Å². The predicted molar refractivity (Wildman–Crippen MR) is 76.4 cm³/mol. The number of fused-ring (bicyclic) bond motifs is 1. The Morgan fingerprint density at radius 3 is 2.67 bits per heavy atom. The largest absolute Gasteiger partial charge is 0.490 e. The second-order valence-electron chi connectivity index (χ2n) is 5.55.